The van der Waals surface area contributed by atoms with Crippen molar-refractivity contribution >= 4 is 40.2 Å². The molecule has 3 N–H and O–H groups in total. The number of ketones is 1. The minimum Gasteiger partial charge on any atom is -0.508 e. The van der Waals surface area contributed by atoms with Crippen LogP contribution in [-0.2, 0) is 11.2 Å². The molecule has 5 rings (SSSR count). The fourth-order valence-corrected chi connectivity index (χ4v) is 4.84. The van der Waals surface area contributed by atoms with Crippen LogP contribution in [0.1, 0.15) is 26.3 Å². The molecule has 0 bridgehead atoms. The number of carbonyl (C=O) groups excluding carboxylic acids is 2. The van der Waals surface area contributed by atoms with E-state index in [2.05, 4.69) is 5.32 Å². The Morgan fingerprint density at radius 1 is 0.900 bits per heavy atom. The van der Waals surface area contributed by atoms with Crippen LogP contribution in [0.3, 0.4) is 0 Å². The predicted molar refractivity (Wildman–Crippen MR) is 150 cm³/mol. The second kappa shape index (κ2) is 11.0. The molecular formula is C31H22ClNO7. The number of nitrogens with one attached hydrogen (secondary N) is 1. The maximum absolute atomic E-state index is 13.4. The Morgan fingerprint density at radius 2 is 1.68 bits per heavy atom. The van der Waals surface area contributed by atoms with Crippen LogP contribution < -0.4 is 10.7 Å². The van der Waals surface area contributed by atoms with Crippen LogP contribution in [0.2, 0.25) is 0 Å². The normalized spacial score (nSPS) is 11.8. The minimum atomic E-state index is -1.23. The third kappa shape index (κ3) is 5.30. The van der Waals surface area contributed by atoms with E-state index in [1.54, 1.807) is 6.07 Å². The molecule has 8 nitrogen and oxygen atoms in total. The van der Waals surface area contributed by atoms with Crippen molar-refractivity contribution in [1.29, 1.82) is 0 Å². The third-order valence-electron chi connectivity index (χ3n) is 6.57. The first-order valence-corrected chi connectivity index (χ1v) is 12.8. The van der Waals surface area contributed by atoms with Gasteiger partial charge in [0.2, 0.25) is 0 Å². The zero-order valence-corrected chi connectivity index (χ0v) is 21.6. The molecule has 40 heavy (non-hydrogen) atoms. The number of carbonyl (C=O) groups is 3. The van der Waals surface area contributed by atoms with E-state index in [-0.39, 0.29) is 57.3 Å². The van der Waals surface area contributed by atoms with Gasteiger partial charge in [0, 0.05) is 34.2 Å². The van der Waals surface area contributed by atoms with Gasteiger partial charge in [-0.25, -0.2) is 4.79 Å². The number of hydrogen-bond donors (Lipinski definition) is 3. The topological polar surface area (TPSA) is 134 Å². The number of carboxylic acids is 1. The van der Waals surface area contributed by atoms with Gasteiger partial charge in [0.1, 0.15) is 17.1 Å². The van der Waals surface area contributed by atoms with Gasteiger partial charge in [0.25, 0.3) is 5.91 Å². The summed E-state index contributed by atoms with van der Waals surface area (Å²) in [5, 5.41) is 23.3. The van der Waals surface area contributed by atoms with E-state index in [0.29, 0.717) is 16.5 Å². The molecule has 2 aliphatic rings. The zero-order chi connectivity index (χ0) is 28.4. The standard InChI is InChI=1S/C31H22ClNO7/c32-16-26(36)25(12-17-4-2-1-3-5-17)33-30(37)18-6-9-21(31(38)39)24(13-18)29-22-10-7-19(34)14-27(22)40-28-15-20(35)8-11-23(28)29/h1-11,13-15,25,34H,12,16H2,(H,33,37)(H,38,39). The van der Waals surface area contributed by atoms with Crippen molar-refractivity contribution in [2.24, 2.45) is 0 Å². The Bertz CT molecular complexity index is 1800. The number of alkyl halides is 1. The van der Waals surface area contributed by atoms with Crippen LogP contribution in [0, 0.1) is 0 Å². The van der Waals surface area contributed by atoms with E-state index >= 15 is 0 Å². The van der Waals surface area contributed by atoms with Gasteiger partial charge in [-0.05, 0) is 60.0 Å². The molecular weight excluding hydrogens is 534 g/mol. The summed E-state index contributed by atoms with van der Waals surface area (Å²) in [5.41, 5.74) is 1.79. The highest BCUT2D eigenvalue weighted by atomic mass is 35.5. The smallest absolute Gasteiger partial charge is 0.336 e. The average molecular weight is 556 g/mol. The van der Waals surface area contributed by atoms with Gasteiger partial charge in [0.15, 0.2) is 11.2 Å². The van der Waals surface area contributed by atoms with Crippen molar-refractivity contribution < 1.29 is 29.0 Å². The number of phenols is 1. The number of Topliss-reactive ketones (excluding diaryl/α,β-unsaturated/α-hetero) is 1. The van der Waals surface area contributed by atoms with Gasteiger partial charge in [-0.15, -0.1) is 11.6 Å². The number of carboxylic acid groups (broad SMARTS) is 1. The van der Waals surface area contributed by atoms with Crippen LogP contribution >= 0.6 is 11.6 Å². The minimum absolute atomic E-state index is 0.0835. The van der Waals surface area contributed by atoms with Crippen LogP contribution in [0.15, 0.2) is 94.1 Å². The highest BCUT2D eigenvalue weighted by molar-refractivity contribution is 6.28. The van der Waals surface area contributed by atoms with Gasteiger partial charge in [-0.2, -0.15) is 0 Å². The van der Waals surface area contributed by atoms with Gasteiger partial charge < -0.3 is 19.9 Å². The molecule has 1 aliphatic carbocycles. The fraction of sp³-hybridized carbons (Fsp3) is 0.0968. The molecule has 1 atom stereocenters. The number of halogens is 1. The number of rotatable bonds is 8. The summed E-state index contributed by atoms with van der Waals surface area (Å²) in [4.78, 5) is 50.3. The number of aromatic carboxylic acids is 1. The number of amides is 1. The Morgan fingerprint density at radius 3 is 2.40 bits per heavy atom. The molecule has 0 fully saturated rings. The van der Waals surface area contributed by atoms with Crippen molar-refractivity contribution in [2.45, 2.75) is 12.5 Å². The van der Waals surface area contributed by atoms with Gasteiger partial charge >= 0.3 is 5.97 Å². The Labute approximate surface area is 232 Å². The van der Waals surface area contributed by atoms with Crippen molar-refractivity contribution in [3.05, 3.63) is 112 Å². The van der Waals surface area contributed by atoms with E-state index in [9.17, 15) is 29.4 Å². The molecule has 1 unspecified atom stereocenters. The largest absolute Gasteiger partial charge is 0.508 e. The molecule has 0 aromatic heterocycles. The molecule has 9 heteroatoms. The highest BCUT2D eigenvalue weighted by Crippen LogP contribution is 2.42. The van der Waals surface area contributed by atoms with E-state index in [1.165, 1.54) is 48.5 Å². The summed E-state index contributed by atoms with van der Waals surface area (Å²) in [6, 6.07) is 20.9. The van der Waals surface area contributed by atoms with E-state index < -0.39 is 17.9 Å². The molecule has 3 aromatic rings. The lowest BCUT2D eigenvalue weighted by Gasteiger charge is -2.19. The van der Waals surface area contributed by atoms with Crippen molar-refractivity contribution in [3.8, 4) is 28.2 Å². The summed E-state index contributed by atoms with van der Waals surface area (Å²) in [7, 11) is 0. The molecule has 200 valence electrons. The summed E-state index contributed by atoms with van der Waals surface area (Å²) < 4.78 is 5.86. The molecule has 1 amide bonds. The molecule has 3 aromatic carbocycles. The number of fused-ring (bicyclic) bond motifs is 2. The van der Waals surface area contributed by atoms with Crippen LogP contribution in [0.4, 0.5) is 0 Å². The fourth-order valence-electron chi connectivity index (χ4n) is 4.66. The van der Waals surface area contributed by atoms with Crippen molar-refractivity contribution in [1.82, 2.24) is 5.32 Å². The summed E-state index contributed by atoms with van der Waals surface area (Å²) in [6.45, 7) is 0. The Balaban J connectivity index is 1.64. The monoisotopic (exact) mass is 555 g/mol. The maximum atomic E-state index is 13.4. The third-order valence-corrected chi connectivity index (χ3v) is 6.83. The van der Waals surface area contributed by atoms with Gasteiger partial charge in [0.05, 0.1) is 17.5 Å². The number of phenolic OH excluding ortho intramolecular Hbond substituents is 1. The molecule has 0 spiro atoms. The molecule has 1 aliphatic heterocycles. The molecule has 0 saturated carbocycles. The van der Waals surface area contributed by atoms with Gasteiger partial charge in [-0.1, -0.05) is 30.3 Å². The second-order valence-electron chi connectivity index (χ2n) is 9.20. The van der Waals surface area contributed by atoms with Crippen molar-refractivity contribution in [2.75, 3.05) is 5.88 Å². The van der Waals surface area contributed by atoms with E-state index in [0.717, 1.165) is 5.56 Å². The first kappa shape index (κ1) is 26.6. The van der Waals surface area contributed by atoms with Crippen LogP contribution in [0.25, 0.3) is 33.4 Å². The maximum Gasteiger partial charge on any atom is 0.336 e. The Hall–Kier alpha value is -4.95. The quantitative estimate of drug-likeness (QED) is 0.179. The second-order valence-corrected chi connectivity index (χ2v) is 9.46. The number of benzene rings is 4. The summed E-state index contributed by atoms with van der Waals surface area (Å²) >= 11 is 5.82. The number of aromatic hydroxyl groups is 1. The lowest BCUT2D eigenvalue weighted by Crippen LogP contribution is -2.43. The zero-order valence-electron chi connectivity index (χ0n) is 20.9. The van der Waals surface area contributed by atoms with Crippen LogP contribution in [0.5, 0.6) is 5.75 Å². The van der Waals surface area contributed by atoms with Gasteiger partial charge in [-0.3, -0.25) is 14.4 Å². The Kier molecular flexibility index (Phi) is 7.35. The molecule has 1 heterocycles. The van der Waals surface area contributed by atoms with Crippen molar-refractivity contribution in [3.63, 3.8) is 0 Å². The van der Waals surface area contributed by atoms with E-state index in [1.807, 2.05) is 30.3 Å². The SMILES string of the molecule is O=C(NC(Cc1ccccc1)C(=O)CCl)c1ccc(C(=O)O)c(-c2c3ccc(=O)cc-3oc3cc(O)ccc23)c1. The lowest BCUT2D eigenvalue weighted by molar-refractivity contribution is -0.118. The summed E-state index contributed by atoms with van der Waals surface area (Å²) in [6.07, 6.45) is 0.231. The lowest BCUT2D eigenvalue weighted by atomic mass is 9.89. The van der Waals surface area contributed by atoms with Crippen LogP contribution in [-0.4, -0.2) is 39.8 Å². The molecule has 0 radical (unpaired) electrons. The highest BCUT2D eigenvalue weighted by Gasteiger charge is 2.25. The first-order chi connectivity index (χ1) is 19.2. The molecule has 0 saturated heterocycles. The average Bonchev–Trinajstić information content (AvgIpc) is 2.95. The predicted octanol–water partition coefficient (Wildman–Crippen LogP) is 5.12. The van der Waals surface area contributed by atoms with E-state index in [4.69, 9.17) is 16.0 Å². The number of hydrogen-bond acceptors (Lipinski definition) is 6. The first-order valence-electron chi connectivity index (χ1n) is 12.3. The summed E-state index contributed by atoms with van der Waals surface area (Å²) in [5.74, 6) is -2.38.